The number of anilines is 1. The quantitative estimate of drug-likeness (QED) is 0.432. The second-order valence-corrected chi connectivity index (χ2v) is 10.6. The zero-order valence-corrected chi connectivity index (χ0v) is 20.7. The third-order valence-electron chi connectivity index (χ3n) is 6.07. The Morgan fingerprint density at radius 2 is 1.63 bits per heavy atom. The van der Waals surface area contributed by atoms with E-state index in [2.05, 4.69) is 5.32 Å². The molecule has 0 saturated carbocycles. The van der Waals surface area contributed by atoms with E-state index < -0.39 is 31.9 Å². The molecule has 0 aliphatic carbocycles. The molecule has 0 fully saturated rings. The van der Waals surface area contributed by atoms with E-state index in [9.17, 15) is 22.4 Å². The smallest absolute Gasteiger partial charge is 0.244 e. The van der Waals surface area contributed by atoms with Gasteiger partial charge in [-0.2, -0.15) is 0 Å². The predicted octanol–water partition coefficient (Wildman–Crippen LogP) is 4.85. The van der Waals surface area contributed by atoms with Crippen LogP contribution in [-0.2, 0) is 21.2 Å². The Hall–Kier alpha value is -3.78. The average molecular weight is 493 g/mol. The Morgan fingerprint density at radius 1 is 0.914 bits per heavy atom. The van der Waals surface area contributed by atoms with Gasteiger partial charge in [-0.1, -0.05) is 18.2 Å². The molecule has 1 heterocycles. The molecule has 0 bridgehead atoms. The molecule has 0 aliphatic heterocycles. The van der Waals surface area contributed by atoms with Crippen molar-refractivity contribution in [3.05, 3.63) is 99.1 Å². The van der Waals surface area contributed by atoms with Gasteiger partial charge >= 0.3 is 0 Å². The highest BCUT2D eigenvalue weighted by Gasteiger charge is 2.25. The van der Waals surface area contributed by atoms with Crippen molar-refractivity contribution in [1.82, 2.24) is 4.57 Å². The maximum Gasteiger partial charge on any atom is 0.244 e. The first kappa shape index (κ1) is 24.3. The molecule has 0 spiro atoms. The Kier molecular flexibility index (Phi) is 6.34. The number of aryl methyl sites for hydroxylation is 4. The fraction of sp³-hybridized carbons (Fsp3) is 0.185. The van der Waals surface area contributed by atoms with E-state index in [1.54, 1.807) is 13.0 Å². The highest BCUT2D eigenvalue weighted by atomic mass is 32.2. The lowest BCUT2D eigenvalue weighted by molar-refractivity contribution is -0.116. The Balaban J connectivity index is 1.84. The van der Waals surface area contributed by atoms with E-state index in [1.165, 1.54) is 28.8 Å². The molecule has 0 unspecified atom stereocenters. The van der Waals surface area contributed by atoms with Crippen LogP contribution in [0, 0.1) is 33.5 Å². The van der Waals surface area contributed by atoms with Crippen molar-refractivity contribution in [3.8, 4) is 0 Å². The van der Waals surface area contributed by atoms with Crippen LogP contribution in [-0.4, -0.2) is 18.9 Å². The third-order valence-corrected chi connectivity index (χ3v) is 7.81. The molecule has 4 aromatic rings. The number of aromatic nitrogens is 1. The van der Waals surface area contributed by atoms with E-state index in [1.807, 2.05) is 39.0 Å². The molecule has 6 nitrogen and oxygen atoms in total. The predicted molar refractivity (Wildman–Crippen MR) is 134 cm³/mol. The van der Waals surface area contributed by atoms with Gasteiger partial charge in [-0.25, -0.2) is 12.8 Å². The van der Waals surface area contributed by atoms with Gasteiger partial charge in [-0.15, -0.1) is 0 Å². The van der Waals surface area contributed by atoms with Crippen molar-refractivity contribution in [1.29, 1.82) is 0 Å². The summed E-state index contributed by atoms with van der Waals surface area (Å²) in [5.41, 5.74) is 3.58. The standard InChI is InChI=1S/C27H25FN2O4S/c1-16-5-6-18(3)23(11-16)29-26(31)15-30-14-25(27(32)22-13-20(28)8-10-24(22)30)35(33,34)21-9-7-17(2)19(4)12-21/h5-14H,15H2,1-4H3,(H,29,31). The number of hydrogen-bond acceptors (Lipinski definition) is 4. The summed E-state index contributed by atoms with van der Waals surface area (Å²) in [5, 5.41) is 2.72. The number of pyridine rings is 1. The monoisotopic (exact) mass is 492 g/mol. The fourth-order valence-corrected chi connectivity index (χ4v) is 5.34. The summed E-state index contributed by atoms with van der Waals surface area (Å²) < 4.78 is 42.3. The summed E-state index contributed by atoms with van der Waals surface area (Å²) in [5.74, 6) is -1.09. The Morgan fingerprint density at radius 3 is 2.34 bits per heavy atom. The van der Waals surface area contributed by atoms with E-state index >= 15 is 0 Å². The number of sulfone groups is 1. The van der Waals surface area contributed by atoms with Crippen molar-refractivity contribution in [2.24, 2.45) is 0 Å². The first-order valence-electron chi connectivity index (χ1n) is 11.0. The van der Waals surface area contributed by atoms with Gasteiger partial charge in [0.15, 0.2) is 0 Å². The lowest BCUT2D eigenvalue weighted by Crippen LogP contribution is -2.24. The van der Waals surface area contributed by atoms with Crippen LogP contribution in [0.1, 0.15) is 22.3 Å². The van der Waals surface area contributed by atoms with Crippen LogP contribution >= 0.6 is 0 Å². The maximum atomic E-state index is 14.1. The molecule has 0 radical (unpaired) electrons. The van der Waals surface area contributed by atoms with Crippen LogP contribution in [0.15, 0.2) is 75.4 Å². The topological polar surface area (TPSA) is 85.2 Å². The lowest BCUT2D eigenvalue weighted by Gasteiger charge is -2.15. The number of nitrogens with zero attached hydrogens (tertiary/aromatic N) is 1. The normalized spacial score (nSPS) is 11.6. The Labute approximate surface area is 203 Å². The van der Waals surface area contributed by atoms with Gasteiger partial charge in [0, 0.05) is 17.3 Å². The summed E-state index contributed by atoms with van der Waals surface area (Å²) in [6, 6.07) is 13.8. The van der Waals surface area contributed by atoms with Crippen LogP contribution in [0.25, 0.3) is 10.9 Å². The zero-order valence-electron chi connectivity index (χ0n) is 19.8. The molecule has 1 N–H and O–H groups in total. The van der Waals surface area contributed by atoms with Crippen LogP contribution in [0.3, 0.4) is 0 Å². The molecule has 4 rings (SSSR count). The van der Waals surface area contributed by atoms with E-state index in [4.69, 9.17) is 0 Å². The molecular formula is C27H25FN2O4S. The summed E-state index contributed by atoms with van der Waals surface area (Å²) in [6.45, 7) is 7.13. The molecule has 0 saturated heterocycles. The zero-order chi connectivity index (χ0) is 25.5. The number of nitrogens with one attached hydrogen (secondary N) is 1. The highest BCUT2D eigenvalue weighted by molar-refractivity contribution is 7.91. The lowest BCUT2D eigenvalue weighted by atomic mass is 10.1. The largest absolute Gasteiger partial charge is 0.336 e. The van der Waals surface area contributed by atoms with Crippen LogP contribution in [0.2, 0.25) is 0 Å². The third kappa shape index (κ3) is 4.74. The summed E-state index contributed by atoms with van der Waals surface area (Å²) in [4.78, 5) is 25.6. The van der Waals surface area contributed by atoms with E-state index in [-0.39, 0.29) is 22.3 Å². The highest BCUT2D eigenvalue weighted by Crippen LogP contribution is 2.24. The van der Waals surface area contributed by atoms with E-state index in [0.717, 1.165) is 34.5 Å². The van der Waals surface area contributed by atoms with Gasteiger partial charge in [0.2, 0.25) is 21.2 Å². The van der Waals surface area contributed by atoms with Crippen molar-refractivity contribution in [2.45, 2.75) is 44.0 Å². The van der Waals surface area contributed by atoms with Gasteiger partial charge in [0.1, 0.15) is 17.3 Å². The van der Waals surface area contributed by atoms with Crippen molar-refractivity contribution >= 4 is 32.3 Å². The molecule has 1 amide bonds. The van der Waals surface area contributed by atoms with Crippen molar-refractivity contribution in [3.63, 3.8) is 0 Å². The number of benzene rings is 3. The average Bonchev–Trinajstić information content (AvgIpc) is 2.79. The molecule has 0 atom stereocenters. The fourth-order valence-electron chi connectivity index (χ4n) is 3.89. The summed E-state index contributed by atoms with van der Waals surface area (Å²) >= 11 is 0. The molecule has 3 aromatic carbocycles. The van der Waals surface area contributed by atoms with Gasteiger partial charge in [0.25, 0.3) is 0 Å². The van der Waals surface area contributed by atoms with Crippen LogP contribution < -0.4 is 10.7 Å². The maximum absolute atomic E-state index is 14.1. The number of hydrogen-bond donors (Lipinski definition) is 1. The summed E-state index contributed by atoms with van der Waals surface area (Å²) in [7, 11) is -4.23. The van der Waals surface area contributed by atoms with Gasteiger partial charge in [0.05, 0.1) is 10.4 Å². The minimum absolute atomic E-state index is 0.0418. The number of amides is 1. The van der Waals surface area contributed by atoms with E-state index in [0.29, 0.717) is 5.69 Å². The number of fused-ring (bicyclic) bond motifs is 1. The molecule has 35 heavy (non-hydrogen) atoms. The molecule has 180 valence electrons. The number of rotatable bonds is 5. The molecular weight excluding hydrogens is 467 g/mol. The second-order valence-electron chi connectivity index (χ2n) is 8.73. The molecule has 8 heteroatoms. The minimum atomic E-state index is -4.23. The molecule has 1 aromatic heterocycles. The van der Waals surface area contributed by atoms with Crippen LogP contribution in [0.5, 0.6) is 0 Å². The van der Waals surface area contributed by atoms with Gasteiger partial charge in [-0.3, -0.25) is 9.59 Å². The SMILES string of the molecule is Cc1ccc(C)c(NC(=O)Cn2cc(S(=O)(=O)c3ccc(C)c(C)c3)c(=O)c3cc(F)ccc32)c1. The van der Waals surface area contributed by atoms with Crippen molar-refractivity contribution < 1.29 is 17.6 Å². The number of carbonyl (C=O) groups is 1. The summed E-state index contributed by atoms with van der Waals surface area (Å²) in [6.07, 6.45) is 1.16. The Bertz CT molecular complexity index is 1660. The number of carbonyl (C=O) groups excluding carboxylic acids is 1. The second kappa shape index (κ2) is 9.11. The van der Waals surface area contributed by atoms with Gasteiger partial charge < -0.3 is 9.88 Å². The number of halogens is 1. The van der Waals surface area contributed by atoms with Crippen molar-refractivity contribution in [2.75, 3.05) is 5.32 Å². The first-order valence-corrected chi connectivity index (χ1v) is 12.5. The van der Waals surface area contributed by atoms with Crippen LogP contribution in [0.4, 0.5) is 10.1 Å². The molecule has 0 aliphatic rings. The first-order chi connectivity index (χ1) is 16.5. The van der Waals surface area contributed by atoms with Gasteiger partial charge in [-0.05, 0) is 86.3 Å². The minimum Gasteiger partial charge on any atom is -0.336 e.